The van der Waals surface area contributed by atoms with Crippen molar-refractivity contribution in [3.63, 3.8) is 0 Å². The second-order valence-corrected chi connectivity index (χ2v) is 6.53. The van der Waals surface area contributed by atoms with Gasteiger partial charge in [0.05, 0.1) is 17.9 Å². The average molecular weight is 299 g/mol. The first-order valence-electron chi connectivity index (χ1n) is 7.92. The number of hydrogen-bond acceptors (Lipinski definition) is 3. The van der Waals surface area contributed by atoms with Gasteiger partial charge in [0.1, 0.15) is 0 Å². The number of carbonyl (C=O) groups is 1. The van der Waals surface area contributed by atoms with Crippen LogP contribution in [0.2, 0.25) is 0 Å². The van der Waals surface area contributed by atoms with Gasteiger partial charge in [-0.15, -0.1) is 0 Å². The van der Waals surface area contributed by atoms with Crippen LogP contribution in [0.15, 0.2) is 30.3 Å². The highest BCUT2D eigenvalue weighted by Gasteiger charge is 2.35. The van der Waals surface area contributed by atoms with E-state index in [4.69, 9.17) is 5.26 Å². The van der Waals surface area contributed by atoms with Crippen molar-refractivity contribution >= 4 is 5.91 Å². The van der Waals surface area contributed by atoms with E-state index in [-0.39, 0.29) is 11.9 Å². The molecule has 4 heteroatoms. The maximum absolute atomic E-state index is 12.9. The molecule has 0 saturated carbocycles. The molecule has 0 aromatic heterocycles. The molecule has 1 atom stereocenters. The minimum absolute atomic E-state index is 0.186. The van der Waals surface area contributed by atoms with Crippen molar-refractivity contribution in [2.24, 2.45) is 0 Å². The number of nitriles is 1. The van der Waals surface area contributed by atoms with Gasteiger partial charge in [-0.25, -0.2) is 0 Å². The van der Waals surface area contributed by atoms with E-state index >= 15 is 0 Å². The zero-order chi connectivity index (χ0) is 16.2. The molecule has 1 fully saturated rings. The van der Waals surface area contributed by atoms with Crippen LogP contribution in [0, 0.1) is 11.3 Å². The first kappa shape index (κ1) is 16.5. The van der Waals surface area contributed by atoms with Crippen LogP contribution in [0.1, 0.15) is 32.8 Å². The molecule has 118 valence electrons. The Morgan fingerprint density at radius 3 is 2.36 bits per heavy atom. The Morgan fingerprint density at radius 2 is 1.82 bits per heavy atom. The van der Waals surface area contributed by atoms with Gasteiger partial charge in [-0.3, -0.25) is 9.69 Å². The monoisotopic (exact) mass is 299 g/mol. The summed E-state index contributed by atoms with van der Waals surface area (Å²) in [6.07, 6.45) is 0.545. The minimum atomic E-state index is -0.498. The fourth-order valence-electron chi connectivity index (χ4n) is 3.00. The van der Waals surface area contributed by atoms with E-state index in [1.165, 1.54) is 0 Å². The van der Waals surface area contributed by atoms with Gasteiger partial charge in [0.15, 0.2) is 0 Å². The summed E-state index contributed by atoms with van der Waals surface area (Å²) in [6, 6.07) is 12.5. The van der Waals surface area contributed by atoms with Crippen LogP contribution >= 0.6 is 0 Å². The summed E-state index contributed by atoms with van der Waals surface area (Å²) in [6.45, 7) is 9.24. The summed E-state index contributed by atoms with van der Waals surface area (Å²) < 4.78 is 0. The average Bonchev–Trinajstić information content (AvgIpc) is 2.55. The summed E-state index contributed by atoms with van der Waals surface area (Å²) in [7, 11) is 0. The van der Waals surface area contributed by atoms with E-state index in [0.717, 1.165) is 31.7 Å². The number of benzene rings is 1. The molecule has 1 aromatic carbocycles. The third kappa shape index (κ3) is 3.48. The van der Waals surface area contributed by atoms with Crippen molar-refractivity contribution in [1.82, 2.24) is 9.80 Å². The summed E-state index contributed by atoms with van der Waals surface area (Å²) in [5.74, 6) is 0.186. The van der Waals surface area contributed by atoms with Crippen LogP contribution in [0.25, 0.3) is 0 Å². The lowest BCUT2D eigenvalue weighted by Crippen LogP contribution is -2.54. The van der Waals surface area contributed by atoms with Gasteiger partial charge in [0.2, 0.25) is 5.91 Å². The Morgan fingerprint density at radius 1 is 1.23 bits per heavy atom. The zero-order valence-corrected chi connectivity index (χ0v) is 13.7. The number of carbonyl (C=O) groups excluding carboxylic acids is 1. The number of hydrogen-bond donors (Lipinski definition) is 0. The summed E-state index contributed by atoms with van der Waals surface area (Å²) >= 11 is 0. The van der Waals surface area contributed by atoms with E-state index in [9.17, 15) is 4.79 Å². The second kappa shape index (κ2) is 6.93. The lowest BCUT2D eigenvalue weighted by atomic mass is 9.83. The minimum Gasteiger partial charge on any atom is -0.339 e. The van der Waals surface area contributed by atoms with Gasteiger partial charge >= 0.3 is 0 Å². The molecular formula is C18H25N3O. The standard InChI is InChI=1S/C18H25N3O/c1-15(9-10-19)20-11-13-21(14-12-20)17(22)18(2,3)16-7-5-4-6-8-16/h4-8,15H,9,11-14H2,1-3H3/t15-/m0/s1. The molecule has 1 amide bonds. The maximum Gasteiger partial charge on any atom is 0.232 e. The molecule has 0 unspecified atom stereocenters. The SMILES string of the molecule is C[C@@H](CC#N)N1CCN(C(=O)C(C)(C)c2ccccc2)CC1. The quantitative estimate of drug-likeness (QED) is 0.858. The number of rotatable bonds is 4. The van der Waals surface area contributed by atoms with Crippen molar-refractivity contribution in [3.05, 3.63) is 35.9 Å². The van der Waals surface area contributed by atoms with Gasteiger partial charge in [0, 0.05) is 32.2 Å². The van der Waals surface area contributed by atoms with E-state index in [1.807, 2.05) is 49.1 Å². The molecule has 0 radical (unpaired) electrons. The molecule has 1 aliphatic heterocycles. The van der Waals surface area contributed by atoms with Gasteiger partial charge < -0.3 is 4.90 Å². The summed E-state index contributed by atoms with van der Waals surface area (Å²) in [5, 5.41) is 8.80. The van der Waals surface area contributed by atoms with Gasteiger partial charge in [-0.2, -0.15) is 5.26 Å². The Kier molecular flexibility index (Phi) is 5.20. The van der Waals surface area contributed by atoms with Crippen molar-refractivity contribution in [3.8, 4) is 6.07 Å². The molecule has 1 saturated heterocycles. The molecule has 0 aliphatic carbocycles. The van der Waals surface area contributed by atoms with Crippen LogP contribution in [-0.4, -0.2) is 47.9 Å². The fourth-order valence-corrected chi connectivity index (χ4v) is 3.00. The predicted molar refractivity (Wildman–Crippen MR) is 87.3 cm³/mol. The van der Waals surface area contributed by atoms with E-state index in [2.05, 4.69) is 17.9 Å². The van der Waals surface area contributed by atoms with Crippen LogP contribution in [0.5, 0.6) is 0 Å². The van der Waals surface area contributed by atoms with E-state index in [0.29, 0.717) is 6.42 Å². The Hall–Kier alpha value is -1.86. The molecule has 0 bridgehead atoms. The highest BCUT2D eigenvalue weighted by Crippen LogP contribution is 2.26. The lowest BCUT2D eigenvalue weighted by Gasteiger charge is -2.40. The lowest BCUT2D eigenvalue weighted by molar-refractivity contribution is -0.138. The van der Waals surface area contributed by atoms with Crippen molar-refractivity contribution in [2.45, 2.75) is 38.6 Å². The van der Waals surface area contributed by atoms with E-state index in [1.54, 1.807) is 0 Å². The topological polar surface area (TPSA) is 47.3 Å². The smallest absolute Gasteiger partial charge is 0.232 e. The van der Waals surface area contributed by atoms with Crippen LogP contribution in [0.3, 0.4) is 0 Å². The largest absolute Gasteiger partial charge is 0.339 e. The zero-order valence-electron chi connectivity index (χ0n) is 13.7. The van der Waals surface area contributed by atoms with Crippen LogP contribution < -0.4 is 0 Å². The van der Waals surface area contributed by atoms with Crippen molar-refractivity contribution in [1.29, 1.82) is 5.26 Å². The van der Waals surface area contributed by atoms with Gasteiger partial charge in [-0.1, -0.05) is 30.3 Å². The van der Waals surface area contributed by atoms with Crippen LogP contribution in [-0.2, 0) is 10.2 Å². The maximum atomic E-state index is 12.9. The van der Waals surface area contributed by atoms with Gasteiger partial charge in [0.25, 0.3) is 0 Å². The third-order valence-electron chi connectivity index (χ3n) is 4.64. The predicted octanol–water partition coefficient (Wildman–Crippen LogP) is 2.41. The molecule has 1 heterocycles. The van der Waals surface area contributed by atoms with Gasteiger partial charge in [-0.05, 0) is 26.3 Å². The Labute approximate surface area is 133 Å². The molecule has 1 aromatic rings. The number of piperazine rings is 1. The molecule has 2 rings (SSSR count). The Balaban J connectivity index is 1.99. The molecule has 22 heavy (non-hydrogen) atoms. The summed E-state index contributed by atoms with van der Waals surface area (Å²) in [4.78, 5) is 17.1. The molecule has 0 spiro atoms. The molecule has 1 aliphatic rings. The first-order valence-corrected chi connectivity index (χ1v) is 7.92. The number of amides is 1. The highest BCUT2D eigenvalue weighted by atomic mass is 16.2. The van der Waals surface area contributed by atoms with E-state index < -0.39 is 5.41 Å². The van der Waals surface area contributed by atoms with Crippen molar-refractivity contribution in [2.75, 3.05) is 26.2 Å². The molecular weight excluding hydrogens is 274 g/mol. The summed E-state index contributed by atoms with van der Waals surface area (Å²) in [5.41, 5.74) is 0.557. The molecule has 0 N–H and O–H groups in total. The third-order valence-corrected chi connectivity index (χ3v) is 4.64. The van der Waals surface area contributed by atoms with Crippen molar-refractivity contribution < 1.29 is 4.79 Å². The van der Waals surface area contributed by atoms with Crippen LogP contribution in [0.4, 0.5) is 0 Å². The number of nitrogens with zero attached hydrogens (tertiary/aromatic N) is 3. The molecule has 4 nitrogen and oxygen atoms in total. The normalized spacial score (nSPS) is 17.8. The highest BCUT2D eigenvalue weighted by molar-refractivity contribution is 5.87. The Bertz CT molecular complexity index is 539. The fraction of sp³-hybridized carbons (Fsp3) is 0.556. The second-order valence-electron chi connectivity index (χ2n) is 6.53. The first-order chi connectivity index (χ1) is 10.5.